The lowest BCUT2D eigenvalue weighted by Crippen LogP contribution is -2.35. The van der Waals surface area contributed by atoms with Crippen molar-refractivity contribution < 1.29 is 9.53 Å². The topological polar surface area (TPSA) is 38.3 Å². The average molecular weight is 233 g/mol. The van der Waals surface area contributed by atoms with Crippen LogP contribution in [0.25, 0.3) is 0 Å². The van der Waals surface area contributed by atoms with Gasteiger partial charge in [0.15, 0.2) is 0 Å². The van der Waals surface area contributed by atoms with Crippen molar-refractivity contribution in [3.63, 3.8) is 0 Å². The van der Waals surface area contributed by atoms with Gasteiger partial charge >= 0.3 is 0 Å². The van der Waals surface area contributed by atoms with E-state index in [9.17, 15) is 4.79 Å². The summed E-state index contributed by atoms with van der Waals surface area (Å²) in [5.74, 6) is 1.28. The Balaban J connectivity index is 1.93. The first-order valence-corrected chi connectivity index (χ1v) is 6.15. The van der Waals surface area contributed by atoms with Crippen LogP contribution in [0.1, 0.15) is 37.8 Å². The maximum atomic E-state index is 11.8. The molecule has 1 N–H and O–H groups in total. The predicted molar refractivity (Wildman–Crippen MR) is 66.9 cm³/mol. The Labute approximate surface area is 102 Å². The lowest BCUT2D eigenvalue weighted by atomic mass is 9.84. The molecule has 17 heavy (non-hydrogen) atoms. The third-order valence-corrected chi connectivity index (χ3v) is 3.45. The van der Waals surface area contributed by atoms with E-state index in [1.54, 1.807) is 7.11 Å². The van der Waals surface area contributed by atoms with Gasteiger partial charge in [-0.15, -0.1) is 0 Å². The maximum Gasteiger partial charge on any atom is 0.223 e. The van der Waals surface area contributed by atoms with Crippen LogP contribution in [-0.4, -0.2) is 13.0 Å². The zero-order valence-electron chi connectivity index (χ0n) is 10.4. The molecule has 0 aliphatic heterocycles. The molecule has 1 aliphatic rings. The molecule has 1 aromatic rings. The van der Waals surface area contributed by atoms with Crippen LogP contribution in [-0.2, 0) is 4.79 Å². The molecule has 92 valence electrons. The van der Waals surface area contributed by atoms with Crippen molar-refractivity contribution >= 4 is 5.91 Å². The SMILES string of the molecule is COc1ccc(C(C)NC(=O)C2CCC2)cc1. The molecule has 0 heterocycles. The van der Waals surface area contributed by atoms with Crippen molar-refractivity contribution in [2.24, 2.45) is 5.92 Å². The average Bonchev–Trinajstić information content (AvgIpc) is 2.26. The van der Waals surface area contributed by atoms with E-state index in [1.165, 1.54) is 6.42 Å². The number of amides is 1. The first kappa shape index (κ1) is 12.0. The highest BCUT2D eigenvalue weighted by Gasteiger charge is 2.26. The van der Waals surface area contributed by atoms with Crippen molar-refractivity contribution in [2.45, 2.75) is 32.2 Å². The molecular formula is C14H19NO2. The minimum atomic E-state index is 0.0639. The van der Waals surface area contributed by atoms with Gasteiger partial charge in [0.05, 0.1) is 13.2 Å². The normalized spacial score (nSPS) is 17.1. The monoisotopic (exact) mass is 233 g/mol. The van der Waals surface area contributed by atoms with Gasteiger partial charge in [-0.2, -0.15) is 0 Å². The molecule has 3 heteroatoms. The van der Waals surface area contributed by atoms with Crippen LogP contribution in [0.5, 0.6) is 5.75 Å². The first-order chi connectivity index (χ1) is 8.20. The molecule has 0 aromatic heterocycles. The van der Waals surface area contributed by atoms with Gasteiger partial charge in [-0.25, -0.2) is 0 Å². The Kier molecular flexibility index (Phi) is 3.67. The van der Waals surface area contributed by atoms with E-state index in [0.29, 0.717) is 0 Å². The summed E-state index contributed by atoms with van der Waals surface area (Å²) in [6.45, 7) is 2.01. The second-order valence-electron chi connectivity index (χ2n) is 4.63. The molecule has 1 saturated carbocycles. The largest absolute Gasteiger partial charge is 0.497 e. The molecule has 2 rings (SSSR count). The third kappa shape index (κ3) is 2.78. The summed E-state index contributed by atoms with van der Waals surface area (Å²) in [6.07, 6.45) is 3.28. The molecule has 1 aliphatic carbocycles. The van der Waals surface area contributed by atoms with Crippen LogP contribution < -0.4 is 10.1 Å². The number of nitrogens with one attached hydrogen (secondary N) is 1. The van der Waals surface area contributed by atoms with Crippen molar-refractivity contribution in [3.05, 3.63) is 29.8 Å². The van der Waals surface area contributed by atoms with Gasteiger partial charge in [0, 0.05) is 5.92 Å². The summed E-state index contributed by atoms with van der Waals surface area (Å²) in [5, 5.41) is 3.06. The van der Waals surface area contributed by atoms with Crippen molar-refractivity contribution in [1.29, 1.82) is 0 Å². The van der Waals surface area contributed by atoms with Gasteiger partial charge in [0.2, 0.25) is 5.91 Å². The van der Waals surface area contributed by atoms with E-state index in [2.05, 4.69) is 5.32 Å². The third-order valence-electron chi connectivity index (χ3n) is 3.45. The van der Waals surface area contributed by atoms with Gasteiger partial charge in [-0.1, -0.05) is 18.6 Å². The van der Waals surface area contributed by atoms with E-state index in [1.807, 2.05) is 31.2 Å². The van der Waals surface area contributed by atoms with E-state index < -0.39 is 0 Å². The quantitative estimate of drug-likeness (QED) is 0.868. The fourth-order valence-electron chi connectivity index (χ4n) is 1.98. The van der Waals surface area contributed by atoms with Gasteiger partial charge < -0.3 is 10.1 Å². The number of methoxy groups -OCH3 is 1. The number of ether oxygens (including phenoxy) is 1. The predicted octanol–water partition coefficient (Wildman–Crippen LogP) is 2.67. The number of carbonyl (C=O) groups is 1. The summed E-state index contributed by atoms with van der Waals surface area (Å²) in [4.78, 5) is 11.8. The summed E-state index contributed by atoms with van der Waals surface area (Å²) in [6, 6.07) is 7.88. The number of carbonyl (C=O) groups excluding carboxylic acids is 1. The zero-order chi connectivity index (χ0) is 12.3. The molecule has 0 bridgehead atoms. The smallest absolute Gasteiger partial charge is 0.223 e. The minimum absolute atomic E-state index is 0.0639. The summed E-state index contributed by atoms with van der Waals surface area (Å²) >= 11 is 0. The molecule has 3 nitrogen and oxygen atoms in total. The minimum Gasteiger partial charge on any atom is -0.497 e. The zero-order valence-corrected chi connectivity index (χ0v) is 10.4. The number of hydrogen-bond acceptors (Lipinski definition) is 2. The van der Waals surface area contributed by atoms with Gasteiger partial charge in [-0.05, 0) is 37.5 Å². The number of hydrogen-bond donors (Lipinski definition) is 1. The lowest BCUT2D eigenvalue weighted by Gasteiger charge is -2.26. The van der Waals surface area contributed by atoms with Gasteiger partial charge in [-0.3, -0.25) is 4.79 Å². The second-order valence-corrected chi connectivity index (χ2v) is 4.63. The van der Waals surface area contributed by atoms with Gasteiger partial charge in [0.25, 0.3) is 0 Å². The van der Waals surface area contributed by atoms with E-state index in [-0.39, 0.29) is 17.9 Å². The van der Waals surface area contributed by atoms with Crippen LogP contribution in [0.3, 0.4) is 0 Å². The van der Waals surface area contributed by atoms with Crippen molar-refractivity contribution in [2.75, 3.05) is 7.11 Å². The molecule has 1 atom stereocenters. The van der Waals surface area contributed by atoms with E-state index >= 15 is 0 Å². The Morgan fingerprint density at radius 2 is 2.00 bits per heavy atom. The lowest BCUT2D eigenvalue weighted by molar-refractivity contribution is -0.128. The number of rotatable bonds is 4. The highest BCUT2D eigenvalue weighted by Crippen LogP contribution is 2.27. The van der Waals surface area contributed by atoms with Crippen LogP contribution in [0.4, 0.5) is 0 Å². The highest BCUT2D eigenvalue weighted by atomic mass is 16.5. The van der Waals surface area contributed by atoms with E-state index in [0.717, 1.165) is 24.2 Å². The number of benzene rings is 1. The Hall–Kier alpha value is -1.51. The van der Waals surface area contributed by atoms with Crippen LogP contribution in [0, 0.1) is 5.92 Å². The van der Waals surface area contributed by atoms with E-state index in [4.69, 9.17) is 4.74 Å². The highest BCUT2D eigenvalue weighted by molar-refractivity contribution is 5.79. The molecule has 1 amide bonds. The molecule has 0 spiro atoms. The second kappa shape index (κ2) is 5.21. The van der Waals surface area contributed by atoms with Crippen LogP contribution in [0.2, 0.25) is 0 Å². The fraction of sp³-hybridized carbons (Fsp3) is 0.500. The molecule has 0 saturated heterocycles. The first-order valence-electron chi connectivity index (χ1n) is 6.15. The summed E-state index contributed by atoms with van der Waals surface area (Å²) < 4.78 is 5.11. The van der Waals surface area contributed by atoms with Crippen molar-refractivity contribution in [3.8, 4) is 5.75 Å². The van der Waals surface area contributed by atoms with Crippen LogP contribution in [0.15, 0.2) is 24.3 Å². The Morgan fingerprint density at radius 1 is 1.35 bits per heavy atom. The van der Waals surface area contributed by atoms with Crippen molar-refractivity contribution in [1.82, 2.24) is 5.32 Å². The standard InChI is InChI=1S/C14H19NO2/c1-10(15-14(16)12-4-3-5-12)11-6-8-13(17-2)9-7-11/h6-10,12H,3-5H2,1-2H3,(H,15,16). The Morgan fingerprint density at radius 3 is 2.47 bits per heavy atom. The summed E-state index contributed by atoms with van der Waals surface area (Å²) in [7, 11) is 1.65. The molecular weight excluding hydrogens is 214 g/mol. The van der Waals surface area contributed by atoms with Gasteiger partial charge in [0.1, 0.15) is 5.75 Å². The Bertz CT molecular complexity index is 382. The summed E-state index contributed by atoms with van der Waals surface area (Å²) in [5.41, 5.74) is 1.11. The van der Waals surface area contributed by atoms with Crippen LogP contribution >= 0.6 is 0 Å². The maximum absolute atomic E-state index is 11.8. The molecule has 0 radical (unpaired) electrons. The molecule has 1 unspecified atom stereocenters. The fourth-order valence-corrected chi connectivity index (χ4v) is 1.98. The molecule has 1 fully saturated rings. The molecule has 1 aromatic carbocycles.